The fourth-order valence-corrected chi connectivity index (χ4v) is 0.780. The molecule has 1 aromatic rings. The van der Waals surface area contributed by atoms with Gasteiger partial charge in [-0.2, -0.15) is 0 Å². The lowest BCUT2D eigenvalue weighted by Gasteiger charge is -1.99. The number of carboxylic acids is 1. The molecule has 0 saturated carbocycles. The molecule has 0 N–H and O–H groups in total. The van der Waals surface area contributed by atoms with E-state index in [1.807, 2.05) is 0 Å². The van der Waals surface area contributed by atoms with E-state index in [0.29, 0.717) is 10.8 Å². The number of hydrogen-bond acceptors (Lipinski definition) is 4. The Bertz CT molecular complexity index is 273. The second kappa shape index (κ2) is 4.01. The number of hydrogen-bond donors (Lipinski definition) is 0. The predicted octanol–water partition coefficient (Wildman–Crippen LogP) is -0.188. The van der Waals surface area contributed by atoms with E-state index in [1.54, 1.807) is 0 Å². The highest BCUT2D eigenvalue weighted by Gasteiger charge is 1.96. The van der Waals surface area contributed by atoms with Gasteiger partial charge in [0, 0.05) is 24.8 Å². The van der Waals surface area contributed by atoms with Gasteiger partial charge in [0.1, 0.15) is 5.82 Å². The molecule has 0 atom stereocenters. The van der Waals surface area contributed by atoms with Gasteiger partial charge in [-0.05, 0) is 6.42 Å². The van der Waals surface area contributed by atoms with Crippen LogP contribution in [-0.4, -0.2) is 15.9 Å². The fraction of sp³-hybridized carbons (Fsp3) is 0.286. The zero-order valence-electron chi connectivity index (χ0n) is 6.16. The van der Waals surface area contributed by atoms with E-state index in [2.05, 4.69) is 9.97 Å². The highest BCUT2D eigenvalue weighted by Crippen LogP contribution is 2.03. The maximum Gasteiger partial charge on any atom is 0.128 e. The molecule has 64 valence electrons. The maximum atomic E-state index is 10.0. The number of halogens is 1. The third-order valence-electron chi connectivity index (χ3n) is 1.23. The molecule has 0 amide bonds. The summed E-state index contributed by atoms with van der Waals surface area (Å²) in [5, 5.41) is 10.5. The Balaban J connectivity index is 2.53. The van der Waals surface area contributed by atoms with Gasteiger partial charge in [-0.25, -0.2) is 9.97 Å². The number of aromatic nitrogens is 2. The van der Waals surface area contributed by atoms with Crippen molar-refractivity contribution in [3.8, 4) is 0 Å². The number of nitrogens with zero attached hydrogens (tertiary/aromatic N) is 2. The second-order valence-corrected chi connectivity index (χ2v) is 2.63. The third-order valence-corrected chi connectivity index (χ3v) is 1.42. The summed E-state index contributed by atoms with van der Waals surface area (Å²) < 4.78 is 0. The van der Waals surface area contributed by atoms with Crippen LogP contribution in [0.4, 0.5) is 0 Å². The number of carbonyl (C=O) groups is 1. The summed E-state index contributed by atoms with van der Waals surface area (Å²) in [5.41, 5.74) is 0. The van der Waals surface area contributed by atoms with Crippen LogP contribution in [0.5, 0.6) is 0 Å². The van der Waals surface area contributed by atoms with Crippen molar-refractivity contribution in [2.45, 2.75) is 12.8 Å². The molecule has 0 bridgehead atoms. The standard InChI is InChI=1S/C7H7ClN2O2/c8-5-3-9-6(10-4-5)1-2-7(11)12/h3-4H,1-2H2,(H,11,12)/p-1. The van der Waals surface area contributed by atoms with Crippen molar-refractivity contribution >= 4 is 17.6 Å². The van der Waals surface area contributed by atoms with Crippen LogP contribution < -0.4 is 5.11 Å². The normalized spacial score (nSPS) is 9.75. The Kier molecular flexibility index (Phi) is 2.99. The minimum atomic E-state index is -1.10. The van der Waals surface area contributed by atoms with E-state index < -0.39 is 5.97 Å². The Labute approximate surface area is 74.2 Å². The van der Waals surface area contributed by atoms with Gasteiger partial charge in [0.2, 0.25) is 0 Å². The summed E-state index contributed by atoms with van der Waals surface area (Å²) in [7, 11) is 0. The van der Waals surface area contributed by atoms with Crippen LogP contribution in [0.25, 0.3) is 0 Å². The lowest BCUT2D eigenvalue weighted by atomic mass is 10.3. The first-order chi connectivity index (χ1) is 5.68. The summed E-state index contributed by atoms with van der Waals surface area (Å²) in [6.45, 7) is 0. The summed E-state index contributed by atoms with van der Waals surface area (Å²) in [4.78, 5) is 17.7. The van der Waals surface area contributed by atoms with Gasteiger partial charge >= 0.3 is 0 Å². The van der Waals surface area contributed by atoms with Crippen LogP contribution in [0.3, 0.4) is 0 Å². The lowest BCUT2D eigenvalue weighted by molar-refractivity contribution is -0.305. The van der Waals surface area contributed by atoms with Crippen LogP contribution in [0.15, 0.2) is 12.4 Å². The molecule has 0 radical (unpaired) electrons. The molecule has 0 aliphatic carbocycles. The average Bonchev–Trinajstić information content (AvgIpc) is 2.03. The summed E-state index contributed by atoms with van der Waals surface area (Å²) >= 11 is 5.52. The Morgan fingerprint density at radius 1 is 1.50 bits per heavy atom. The van der Waals surface area contributed by atoms with Gasteiger partial charge in [-0.15, -0.1) is 0 Å². The molecular weight excluding hydrogens is 180 g/mol. The van der Waals surface area contributed by atoms with Crippen molar-refractivity contribution in [2.24, 2.45) is 0 Å². The highest BCUT2D eigenvalue weighted by molar-refractivity contribution is 6.30. The monoisotopic (exact) mass is 185 g/mol. The van der Waals surface area contributed by atoms with Crippen LogP contribution in [0.2, 0.25) is 5.02 Å². The predicted molar refractivity (Wildman–Crippen MR) is 40.4 cm³/mol. The van der Waals surface area contributed by atoms with Crippen molar-refractivity contribution < 1.29 is 9.90 Å². The van der Waals surface area contributed by atoms with E-state index in [1.165, 1.54) is 12.4 Å². The molecule has 1 rings (SSSR count). The first-order valence-corrected chi connectivity index (χ1v) is 3.72. The molecule has 4 nitrogen and oxygen atoms in total. The molecule has 0 saturated heterocycles. The van der Waals surface area contributed by atoms with Crippen LogP contribution >= 0.6 is 11.6 Å². The average molecular weight is 186 g/mol. The SMILES string of the molecule is O=C([O-])CCc1ncc(Cl)cn1. The van der Waals surface area contributed by atoms with Gasteiger partial charge < -0.3 is 9.90 Å². The molecule has 0 unspecified atom stereocenters. The number of carboxylic acid groups (broad SMARTS) is 1. The van der Waals surface area contributed by atoms with Crippen LogP contribution in [0, 0.1) is 0 Å². The highest BCUT2D eigenvalue weighted by atomic mass is 35.5. The smallest absolute Gasteiger partial charge is 0.128 e. The first kappa shape index (κ1) is 8.93. The van der Waals surface area contributed by atoms with Gasteiger partial charge in [0.05, 0.1) is 5.02 Å². The summed E-state index contributed by atoms with van der Waals surface area (Å²) in [5.74, 6) is -0.642. The number of aryl methyl sites for hydroxylation is 1. The topological polar surface area (TPSA) is 65.9 Å². The largest absolute Gasteiger partial charge is 0.550 e. The Morgan fingerprint density at radius 2 is 2.08 bits per heavy atom. The summed E-state index contributed by atoms with van der Waals surface area (Å²) in [6, 6.07) is 0. The minimum absolute atomic E-state index is 0.0678. The molecule has 1 aromatic heterocycles. The van der Waals surface area contributed by atoms with E-state index >= 15 is 0 Å². The lowest BCUT2D eigenvalue weighted by Crippen LogP contribution is -2.22. The third kappa shape index (κ3) is 2.84. The van der Waals surface area contributed by atoms with E-state index in [-0.39, 0.29) is 12.8 Å². The van der Waals surface area contributed by atoms with Crippen molar-refractivity contribution in [1.82, 2.24) is 9.97 Å². The number of carbonyl (C=O) groups excluding carboxylic acids is 1. The molecule has 5 heteroatoms. The van der Waals surface area contributed by atoms with Gasteiger partial charge in [-0.3, -0.25) is 0 Å². The maximum absolute atomic E-state index is 10.0. The van der Waals surface area contributed by atoms with E-state index in [0.717, 1.165) is 0 Å². The summed E-state index contributed by atoms with van der Waals surface area (Å²) in [6.07, 6.45) is 3.07. The van der Waals surface area contributed by atoms with Crippen molar-refractivity contribution in [2.75, 3.05) is 0 Å². The quantitative estimate of drug-likeness (QED) is 0.655. The first-order valence-electron chi connectivity index (χ1n) is 3.35. The Hall–Kier alpha value is -1.16. The van der Waals surface area contributed by atoms with Crippen molar-refractivity contribution in [3.05, 3.63) is 23.2 Å². The number of aliphatic carboxylic acids is 1. The zero-order valence-corrected chi connectivity index (χ0v) is 6.91. The molecule has 0 aliphatic heterocycles. The van der Waals surface area contributed by atoms with Crippen molar-refractivity contribution in [1.29, 1.82) is 0 Å². The molecule has 0 spiro atoms. The molecular formula is C7H6ClN2O2-. The Morgan fingerprint density at radius 3 is 2.58 bits per heavy atom. The molecule has 0 aromatic carbocycles. The molecule has 12 heavy (non-hydrogen) atoms. The minimum Gasteiger partial charge on any atom is -0.550 e. The van der Waals surface area contributed by atoms with E-state index in [9.17, 15) is 9.90 Å². The zero-order chi connectivity index (χ0) is 8.97. The molecule has 1 heterocycles. The van der Waals surface area contributed by atoms with Gasteiger partial charge in [0.25, 0.3) is 0 Å². The van der Waals surface area contributed by atoms with Crippen molar-refractivity contribution in [3.63, 3.8) is 0 Å². The molecule has 0 fully saturated rings. The van der Waals surface area contributed by atoms with Crippen LogP contribution in [-0.2, 0) is 11.2 Å². The fourth-order valence-electron chi connectivity index (χ4n) is 0.682. The molecule has 0 aliphatic rings. The van der Waals surface area contributed by atoms with E-state index in [4.69, 9.17) is 11.6 Å². The van der Waals surface area contributed by atoms with Crippen LogP contribution in [0.1, 0.15) is 12.2 Å². The van der Waals surface area contributed by atoms with Gasteiger partial charge in [-0.1, -0.05) is 11.6 Å². The van der Waals surface area contributed by atoms with Gasteiger partial charge in [0.15, 0.2) is 0 Å². The number of rotatable bonds is 3. The second-order valence-electron chi connectivity index (χ2n) is 2.19.